The van der Waals surface area contributed by atoms with E-state index < -0.39 is 0 Å². The first kappa shape index (κ1) is 22.0. The molecule has 2 aromatic carbocycles. The van der Waals surface area contributed by atoms with E-state index in [9.17, 15) is 9.18 Å². The van der Waals surface area contributed by atoms with Crippen molar-refractivity contribution in [1.82, 2.24) is 4.98 Å². The molecule has 4 rings (SSSR count). The summed E-state index contributed by atoms with van der Waals surface area (Å²) in [6.45, 7) is 2.42. The largest absolute Gasteiger partial charge is 0.488 e. The van der Waals surface area contributed by atoms with Crippen molar-refractivity contribution in [3.05, 3.63) is 94.0 Å². The average molecular weight is 452 g/mol. The Kier molecular flexibility index (Phi) is 6.86. The van der Waals surface area contributed by atoms with Crippen molar-refractivity contribution in [2.24, 2.45) is 0 Å². The van der Waals surface area contributed by atoms with E-state index in [1.807, 2.05) is 12.1 Å². The number of aromatic nitrogens is 1. The number of hydrogen-bond donors (Lipinski definition) is 0. The first-order valence-corrected chi connectivity index (χ1v) is 11.0. The van der Waals surface area contributed by atoms with Gasteiger partial charge in [0.05, 0.1) is 17.9 Å². The Morgan fingerprint density at radius 2 is 1.84 bits per heavy atom. The SMILES string of the molecule is CCOC(=O)c1ccnc(C2=C(c3cc(Cl)ccc3OCc3ccc(F)cc3)CCC2)c1. The first-order chi connectivity index (χ1) is 15.5. The molecular weight excluding hydrogens is 429 g/mol. The Hall–Kier alpha value is -3.18. The number of carbonyl (C=O) groups excluding carboxylic acids is 1. The second kappa shape index (κ2) is 9.96. The van der Waals surface area contributed by atoms with Crippen LogP contribution in [0.3, 0.4) is 0 Å². The van der Waals surface area contributed by atoms with E-state index in [4.69, 9.17) is 21.1 Å². The summed E-state index contributed by atoms with van der Waals surface area (Å²) in [4.78, 5) is 16.7. The van der Waals surface area contributed by atoms with Gasteiger partial charge in [0.15, 0.2) is 0 Å². The lowest BCUT2D eigenvalue weighted by Gasteiger charge is -2.15. The molecule has 0 atom stereocenters. The Morgan fingerprint density at radius 3 is 2.62 bits per heavy atom. The van der Waals surface area contributed by atoms with Gasteiger partial charge in [0.25, 0.3) is 0 Å². The maximum atomic E-state index is 13.2. The standard InChI is InChI=1S/C26H23ClFNO3/c1-2-31-26(30)18-12-13-29-24(14-18)22-5-3-4-21(22)23-15-19(27)8-11-25(23)32-16-17-6-9-20(28)10-7-17/h6-15H,2-5,16H2,1H3. The Morgan fingerprint density at radius 1 is 1.06 bits per heavy atom. The van der Waals surface area contributed by atoms with Gasteiger partial charge in [-0.2, -0.15) is 0 Å². The van der Waals surface area contributed by atoms with Crippen molar-refractivity contribution in [2.45, 2.75) is 32.8 Å². The molecule has 1 aromatic heterocycles. The van der Waals surface area contributed by atoms with Crippen LogP contribution in [0.15, 0.2) is 60.8 Å². The maximum absolute atomic E-state index is 13.2. The van der Waals surface area contributed by atoms with Crippen LogP contribution in [0.1, 0.15) is 53.4 Å². The summed E-state index contributed by atoms with van der Waals surface area (Å²) < 4.78 is 24.4. The molecular formula is C26H23ClFNO3. The van der Waals surface area contributed by atoms with Gasteiger partial charge in [-0.3, -0.25) is 4.98 Å². The fourth-order valence-electron chi connectivity index (χ4n) is 3.87. The molecule has 1 heterocycles. The second-order valence-corrected chi connectivity index (χ2v) is 7.95. The molecule has 0 unspecified atom stereocenters. The maximum Gasteiger partial charge on any atom is 0.338 e. The van der Waals surface area contributed by atoms with Crippen LogP contribution in [-0.2, 0) is 11.3 Å². The van der Waals surface area contributed by atoms with Gasteiger partial charge in [0.2, 0.25) is 0 Å². The van der Waals surface area contributed by atoms with E-state index in [-0.39, 0.29) is 11.8 Å². The quantitative estimate of drug-likeness (QED) is 0.374. The topological polar surface area (TPSA) is 48.4 Å². The number of allylic oxidation sites excluding steroid dienone is 2. The smallest absolute Gasteiger partial charge is 0.338 e. The van der Waals surface area contributed by atoms with Crippen molar-refractivity contribution in [1.29, 1.82) is 0 Å². The third-order valence-electron chi connectivity index (χ3n) is 5.37. The summed E-state index contributed by atoms with van der Waals surface area (Å²) in [6, 6.07) is 15.2. The van der Waals surface area contributed by atoms with Crippen LogP contribution in [0.5, 0.6) is 5.75 Å². The van der Waals surface area contributed by atoms with Gasteiger partial charge < -0.3 is 9.47 Å². The molecule has 1 aliphatic carbocycles. The van der Waals surface area contributed by atoms with Crippen LogP contribution in [0.4, 0.5) is 4.39 Å². The molecule has 0 fully saturated rings. The van der Waals surface area contributed by atoms with Crippen LogP contribution < -0.4 is 4.74 Å². The van der Waals surface area contributed by atoms with Crippen LogP contribution >= 0.6 is 11.6 Å². The summed E-state index contributed by atoms with van der Waals surface area (Å²) >= 11 is 6.33. The van der Waals surface area contributed by atoms with Crippen molar-refractivity contribution in [3.8, 4) is 5.75 Å². The third-order valence-corrected chi connectivity index (χ3v) is 5.61. The highest BCUT2D eigenvalue weighted by Crippen LogP contribution is 2.43. The molecule has 0 aliphatic heterocycles. The van der Waals surface area contributed by atoms with Crippen LogP contribution in [0, 0.1) is 5.82 Å². The van der Waals surface area contributed by atoms with Gasteiger partial charge in [0.1, 0.15) is 18.2 Å². The third kappa shape index (κ3) is 5.00. The molecule has 0 amide bonds. The van der Waals surface area contributed by atoms with Crippen molar-refractivity contribution >= 4 is 28.7 Å². The lowest BCUT2D eigenvalue weighted by molar-refractivity contribution is 0.0526. The van der Waals surface area contributed by atoms with Crippen molar-refractivity contribution < 1.29 is 18.7 Å². The summed E-state index contributed by atoms with van der Waals surface area (Å²) in [5.41, 5.74) is 5.20. The minimum Gasteiger partial charge on any atom is -0.488 e. The minimum absolute atomic E-state index is 0.278. The molecule has 4 nitrogen and oxygen atoms in total. The zero-order valence-electron chi connectivity index (χ0n) is 17.7. The van der Waals surface area contributed by atoms with E-state index in [2.05, 4.69) is 4.98 Å². The highest BCUT2D eigenvalue weighted by molar-refractivity contribution is 6.30. The molecule has 0 N–H and O–H groups in total. The Balaban J connectivity index is 1.68. The van der Waals surface area contributed by atoms with Gasteiger partial charge in [0, 0.05) is 16.8 Å². The number of hydrogen-bond acceptors (Lipinski definition) is 4. The molecule has 1 aliphatic rings. The van der Waals surface area contributed by atoms with Crippen LogP contribution in [-0.4, -0.2) is 17.6 Å². The number of pyridine rings is 1. The summed E-state index contributed by atoms with van der Waals surface area (Å²) in [6.07, 6.45) is 4.31. The predicted octanol–water partition coefficient (Wildman–Crippen LogP) is 6.72. The van der Waals surface area contributed by atoms with Crippen LogP contribution in [0.25, 0.3) is 11.1 Å². The van der Waals surface area contributed by atoms with Crippen LogP contribution in [0.2, 0.25) is 5.02 Å². The lowest BCUT2D eigenvalue weighted by Crippen LogP contribution is -2.05. The van der Waals surface area contributed by atoms with Gasteiger partial charge in [-0.15, -0.1) is 0 Å². The molecule has 0 saturated carbocycles. The highest BCUT2D eigenvalue weighted by Gasteiger charge is 2.22. The monoisotopic (exact) mass is 451 g/mol. The fourth-order valence-corrected chi connectivity index (χ4v) is 4.04. The molecule has 0 radical (unpaired) electrons. The lowest BCUT2D eigenvalue weighted by atomic mass is 9.98. The van der Waals surface area contributed by atoms with Gasteiger partial charge >= 0.3 is 5.97 Å². The molecule has 3 aromatic rings. The number of halogens is 2. The number of rotatable bonds is 7. The molecule has 0 saturated heterocycles. The van der Waals surface area contributed by atoms with E-state index in [0.717, 1.165) is 47.2 Å². The highest BCUT2D eigenvalue weighted by atomic mass is 35.5. The predicted molar refractivity (Wildman–Crippen MR) is 123 cm³/mol. The van der Waals surface area contributed by atoms with E-state index in [1.165, 1.54) is 12.1 Å². The number of nitrogens with zero attached hydrogens (tertiary/aromatic N) is 1. The van der Waals surface area contributed by atoms with Crippen molar-refractivity contribution in [2.75, 3.05) is 6.61 Å². The molecule has 32 heavy (non-hydrogen) atoms. The van der Waals surface area contributed by atoms with Crippen molar-refractivity contribution in [3.63, 3.8) is 0 Å². The summed E-state index contributed by atoms with van der Waals surface area (Å²) in [7, 11) is 0. The van der Waals surface area contributed by atoms with E-state index >= 15 is 0 Å². The number of esters is 1. The zero-order valence-corrected chi connectivity index (χ0v) is 18.5. The minimum atomic E-state index is -0.359. The Bertz CT molecular complexity index is 1160. The first-order valence-electron chi connectivity index (χ1n) is 10.6. The summed E-state index contributed by atoms with van der Waals surface area (Å²) in [5.74, 6) is 0.0660. The average Bonchev–Trinajstić information content (AvgIpc) is 3.29. The van der Waals surface area contributed by atoms with Gasteiger partial charge in [-0.05, 0) is 85.4 Å². The summed E-state index contributed by atoms with van der Waals surface area (Å²) in [5, 5.41) is 0.612. The normalized spacial score (nSPS) is 13.3. The molecule has 6 heteroatoms. The van der Waals surface area contributed by atoms with E-state index in [1.54, 1.807) is 43.5 Å². The number of carbonyl (C=O) groups is 1. The molecule has 164 valence electrons. The van der Waals surface area contributed by atoms with Gasteiger partial charge in [-0.25, -0.2) is 9.18 Å². The number of ether oxygens (including phenoxy) is 2. The van der Waals surface area contributed by atoms with Gasteiger partial charge in [-0.1, -0.05) is 23.7 Å². The molecule has 0 bridgehead atoms. The second-order valence-electron chi connectivity index (χ2n) is 7.52. The Labute approximate surface area is 191 Å². The number of benzene rings is 2. The fraction of sp³-hybridized carbons (Fsp3) is 0.231. The zero-order chi connectivity index (χ0) is 22.5. The molecule has 0 spiro atoms. The van der Waals surface area contributed by atoms with E-state index in [0.29, 0.717) is 29.5 Å².